The summed E-state index contributed by atoms with van der Waals surface area (Å²) in [5, 5.41) is 3.46. The van der Waals surface area contributed by atoms with Gasteiger partial charge in [0.15, 0.2) is 0 Å². The largest absolute Gasteiger partial charge is 0.357 e. The Hall–Kier alpha value is -2.75. The Kier molecular flexibility index (Phi) is 6.23. The third-order valence-electron chi connectivity index (χ3n) is 3.81. The molecule has 0 amide bonds. The first-order valence-electron chi connectivity index (χ1n) is 8.39. The van der Waals surface area contributed by atoms with Crippen LogP contribution in [0.5, 0.6) is 0 Å². The van der Waals surface area contributed by atoms with Gasteiger partial charge in [-0.25, -0.2) is 0 Å². The Morgan fingerprint density at radius 3 is 2.32 bits per heavy atom. The van der Waals surface area contributed by atoms with Crippen LogP contribution in [0.1, 0.15) is 38.8 Å². The van der Waals surface area contributed by atoms with Crippen LogP contribution < -0.4 is 5.32 Å². The van der Waals surface area contributed by atoms with Gasteiger partial charge in [0.05, 0.1) is 11.4 Å². The normalized spacial score (nSPS) is 24.6. The van der Waals surface area contributed by atoms with Gasteiger partial charge in [0.2, 0.25) is 0 Å². The molecule has 0 saturated heterocycles. The van der Waals surface area contributed by atoms with E-state index in [0.717, 1.165) is 34.2 Å². The molecule has 0 saturated carbocycles. The molecule has 1 aromatic rings. The maximum absolute atomic E-state index is 4.79. The molecular weight excluding hydrogens is 308 g/mol. The van der Waals surface area contributed by atoms with Crippen LogP contribution in [0.3, 0.4) is 0 Å². The van der Waals surface area contributed by atoms with Crippen molar-refractivity contribution >= 4 is 29.0 Å². The minimum Gasteiger partial charge on any atom is -0.357 e. The van der Waals surface area contributed by atoms with Crippen molar-refractivity contribution in [3.05, 3.63) is 59.1 Å². The van der Waals surface area contributed by atoms with E-state index in [1.54, 1.807) is 12.4 Å². The molecule has 2 rings (SSSR count). The number of allylic oxidation sites excluding steroid dienone is 5. The lowest BCUT2D eigenvalue weighted by Crippen LogP contribution is -2.00. The molecule has 0 aliphatic carbocycles. The lowest BCUT2D eigenvalue weighted by atomic mass is 10.1. The van der Waals surface area contributed by atoms with Gasteiger partial charge < -0.3 is 5.32 Å². The number of anilines is 1. The third kappa shape index (κ3) is 5.68. The van der Waals surface area contributed by atoms with E-state index < -0.39 is 0 Å². The van der Waals surface area contributed by atoms with Crippen LogP contribution >= 0.6 is 0 Å². The molecule has 0 radical (unpaired) electrons. The average molecular weight is 334 g/mol. The molecule has 130 valence electrons. The monoisotopic (exact) mass is 334 g/mol. The topological polar surface area (TPSA) is 49.1 Å². The van der Waals surface area contributed by atoms with Crippen LogP contribution in [0, 0.1) is 13.8 Å². The number of aliphatic imine (C=N–C) groups is 3. The van der Waals surface area contributed by atoms with Gasteiger partial charge in [-0.3, -0.25) is 15.0 Å². The Morgan fingerprint density at radius 2 is 1.56 bits per heavy atom. The zero-order chi connectivity index (χ0) is 18.4. The molecule has 1 aromatic carbocycles. The van der Waals surface area contributed by atoms with Gasteiger partial charge in [-0.15, -0.1) is 0 Å². The van der Waals surface area contributed by atoms with E-state index in [9.17, 15) is 0 Å². The van der Waals surface area contributed by atoms with Crippen LogP contribution in [0.4, 0.5) is 11.4 Å². The molecule has 0 bridgehead atoms. The number of aryl methyl sites for hydroxylation is 2. The number of fused-ring (bicyclic) bond motifs is 1. The van der Waals surface area contributed by atoms with Crippen molar-refractivity contribution in [3.8, 4) is 0 Å². The average Bonchev–Trinajstić information content (AvgIpc) is 2.51. The summed E-state index contributed by atoms with van der Waals surface area (Å²) in [6.45, 7) is 12.2. The molecule has 4 heteroatoms. The molecule has 1 N–H and O–H groups in total. The fourth-order valence-electron chi connectivity index (χ4n) is 2.51. The molecular formula is C21H26N4. The maximum atomic E-state index is 4.79. The zero-order valence-corrected chi connectivity index (χ0v) is 15.9. The van der Waals surface area contributed by atoms with Crippen LogP contribution in [0.2, 0.25) is 0 Å². The van der Waals surface area contributed by atoms with Gasteiger partial charge >= 0.3 is 0 Å². The summed E-state index contributed by atoms with van der Waals surface area (Å²) in [5.41, 5.74) is 8.10. The van der Waals surface area contributed by atoms with E-state index in [1.165, 1.54) is 11.1 Å². The van der Waals surface area contributed by atoms with E-state index in [2.05, 4.69) is 41.3 Å². The Bertz CT molecular complexity index is 834. The van der Waals surface area contributed by atoms with Crippen molar-refractivity contribution in [1.82, 2.24) is 0 Å². The summed E-state index contributed by atoms with van der Waals surface area (Å²) < 4.78 is 0. The van der Waals surface area contributed by atoms with Crippen LogP contribution in [-0.2, 0) is 0 Å². The molecule has 0 fully saturated rings. The fourth-order valence-corrected chi connectivity index (χ4v) is 2.51. The fraction of sp³-hybridized carbons (Fsp3) is 0.286. The van der Waals surface area contributed by atoms with Gasteiger partial charge in [-0.1, -0.05) is 0 Å². The van der Waals surface area contributed by atoms with Crippen LogP contribution in [-0.4, -0.2) is 17.6 Å². The summed E-state index contributed by atoms with van der Waals surface area (Å²) >= 11 is 0. The quantitative estimate of drug-likeness (QED) is 0.652. The standard InChI is InChI=1S/C21H26N4/c1-14-10-20-21(11-15(14)2)25-19(6)13-17(4)23-9-7-8-22-16(3)12-18(5)24-20/h7-13,24H,1-6H3/b8-7+,17-13+,18-12-,22-16+,23-9+,25-19?. The third-order valence-corrected chi connectivity index (χ3v) is 3.81. The van der Waals surface area contributed by atoms with Crippen molar-refractivity contribution in [3.63, 3.8) is 0 Å². The second-order valence-electron chi connectivity index (χ2n) is 6.34. The van der Waals surface area contributed by atoms with Crippen molar-refractivity contribution in [2.75, 3.05) is 5.32 Å². The predicted molar refractivity (Wildman–Crippen MR) is 111 cm³/mol. The first-order valence-corrected chi connectivity index (χ1v) is 8.39. The lowest BCUT2D eigenvalue weighted by Gasteiger charge is -2.13. The molecule has 0 unspecified atom stereocenters. The number of hydrogen-bond donors (Lipinski definition) is 1. The highest BCUT2D eigenvalue weighted by molar-refractivity contribution is 5.97. The minimum atomic E-state index is 0.897. The van der Waals surface area contributed by atoms with E-state index in [0.29, 0.717) is 0 Å². The molecule has 0 aromatic heterocycles. The number of hydrogen-bond acceptors (Lipinski definition) is 4. The highest BCUT2D eigenvalue weighted by Crippen LogP contribution is 2.30. The Labute approximate surface area is 150 Å². The number of nitrogens with one attached hydrogen (secondary N) is 1. The second-order valence-corrected chi connectivity index (χ2v) is 6.34. The smallest absolute Gasteiger partial charge is 0.0870 e. The van der Waals surface area contributed by atoms with E-state index in [-0.39, 0.29) is 0 Å². The van der Waals surface area contributed by atoms with E-state index in [1.807, 2.05) is 45.9 Å². The highest BCUT2D eigenvalue weighted by Gasteiger charge is 2.06. The molecule has 1 aliphatic rings. The summed E-state index contributed by atoms with van der Waals surface area (Å²) in [6.07, 6.45) is 9.30. The molecule has 4 nitrogen and oxygen atoms in total. The van der Waals surface area contributed by atoms with Crippen molar-refractivity contribution in [2.24, 2.45) is 15.0 Å². The summed E-state index contributed by atoms with van der Waals surface area (Å²) in [7, 11) is 0. The molecule has 1 aliphatic heterocycles. The lowest BCUT2D eigenvalue weighted by molar-refractivity contribution is 1.29. The summed E-state index contributed by atoms with van der Waals surface area (Å²) in [4.78, 5) is 13.6. The van der Waals surface area contributed by atoms with Crippen molar-refractivity contribution < 1.29 is 0 Å². The molecule has 25 heavy (non-hydrogen) atoms. The predicted octanol–water partition coefficient (Wildman–Crippen LogP) is 5.67. The van der Waals surface area contributed by atoms with Crippen molar-refractivity contribution in [2.45, 2.75) is 41.5 Å². The SMILES string of the molecule is CC1=Nc2cc(C)c(C)cc2N\C(C)=C/C(C)=N/C=C/C=N/C(C)=C/1. The van der Waals surface area contributed by atoms with Crippen LogP contribution in [0.15, 0.2) is 62.9 Å². The minimum absolute atomic E-state index is 0.897. The van der Waals surface area contributed by atoms with Gasteiger partial charge in [0.25, 0.3) is 0 Å². The second kappa shape index (κ2) is 8.38. The van der Waals surface area contributed by atoms with Gasteiger partial charge in [-0.2, -0.15) is 0 Å². The number of nitrogens with zero attached hydrogens (tertiary/aromatic N) is 3. The van der Waals surface area contributed by atoms with Crippen LogP contribution in [0.25, 0.3) is 0 Å². The first-order chi connectivity index (χ1) is 11.8. The van der Waals surface area contributed by atoms with Gasteiger partial charge in [0, 0.05) is 35.2 Å². The summed E-state index contributed by atoms with van der Waals surface area (Å²) in [5.74, 6) is 0. The zero-order valence-electron chi connectivity index (χ0n) is 15.9. The summed E-state index contributed by atoms with van der Waals surface area (Å²) in [6, 6.07) is 4.25. The van der Waals surface area contributed by atoms with E-state index >= 15 is 0 Å². The first kappa shape index (κ1) is 18.6. The van der Waals surface area contributed by atoms with Gasteiger partial charge in [0.1, 0.15) is 0 Å². The molecule has 0 atom stereocenters. The molecule has 0 spiro atoms. The van der Waals surface area contributed by atoms with Gasteiger partial charge in [-0.05, 0) is 83.0 Å². The van der Waals surface area contributed by atoms with E-state index in [4.69, 9.17) is 4.99 Å². The van der Waals surface area contributed by atoms with Crippen molar-refractivity contribution in [1.29, 1.82) is 0 Å². The maximum Gasteiger partial charge on any atom is 0.0870 e. The number of benzene rings is 1. The molecule has 1 heterocycles. The highest BCUT2D eigenvalue weighted by atomic mass is 14.9. The Balaban J connectivity index is 2.60. The number of rotatable bonds is 0. The Morgan fingerprint density at radius 1 is 0.840 bits per heavy atom.